The Bertz CT molecular complexity index is 797. The fourth-order valence-corrected chi connectivity index (χ4v) is 2.05. The Hall–Kier alpha value is -1.75. The van der Waals surface area contributed by atoms with Crippen LogP contribution in [0.4, 0.5) is 4.39 Å². The molecule has 17 heavy (non-hydrogen) atoms. The molecule has 0 unspecified atom stereocenters. The highest BCUT2D eigenvalue weighted by molar-refractivity contribution is 9.10. The first-order valence-electron chi connectivity index (χ1n) is 4.84. The van der Waals surface area contributed by atoms with E-state index in [2.05, 4.69) is 20.9 Å². The van der Waals surface area contributed by atoms with E-state index >= 15 is 0 Å². The molecule has 2 aromatic heterocycles. The van der Waals surface area contributed by atoms with Crippen LogP contribution in [-0.2, 0) is 0 Å². The van der Waals surface area contributed by atoms with Gasteiger partial charge in [-0.25, -0.2) is 0 Å². The minimum Gasteiger partial charge on any atom is -0.437 e. The molecule has 1 aromatic carbocycles. The smallest absolute Gasteiger partial charge is 0.233 e. The van der Waals surface area contributed by atoms with Crippen LogP contribution in [0.25, 0.3) is 22.1 Å². The van der Waals surface area contributed by atoms with Gasteiger partial charge in [0.1, 0.15) is 5.58 Å². The summed E-state index contributed by atoms with van der Waals surface area (Å²) >= 11 is 3.29. The van der Waals surface area contributed by atoms with Crippen molar-refractivity contribution in [2.24, 2.45) is 0 Å². The zero-order chi connectivity index (χ0) is 12.0. The third kappa shape index (κ3) is 1.63. The largest absolute Gasteiger partial charge is 0.437 e. The van der Waals surface area contributed by atoms with E-state index in [1.165, 1.54) is 6.07 Å². The van der Waals surface area contributed by atoms with Crippen LogP contribution in [0.5, 0.6) is 0 Å². The van der Waals surface area contributed by atoms with Crippen LogP contribution in [-0.4, -0.2) is 4.98 Å². The fraction of sp³-hybridized carbons (Fsp3) is 0. The molecule has 0 aliphatic rings. The van der Waals surface area contributed by atoms with Crippen molar-refractivity contribution in [1.29, 1.82) is 0 Å². The molecule has 84 valence electrons. The first-order valence-corrected chi connectivity index (χ1v) is 5.63. The van der Waals surface area contributed by atoms with Gasteiger partial charge in [0.15, 0.2) is 0 Å². The number of fused-ring (bicyclic) bond motifs is 2. The van der Waals surface area contributed by atoms with Crippen molar-refractivity contribution >= 4 is 38.0 Å². The molecule has 0 atom stereocenters. The summed E-state index contributed by atoms with van der Waals surface area (Å²) in [5, 5.41) is 0.720. The van der Waals surface area contributed by atoms with Gasteiger partial charge in [-0.05, 0) is 30.3 Å². The third-order valence-corrected chi connectivity index (χ3v) is 2.96. The molecule has 0 saturated heterocycles. The van der Waals surface area contributed by atoms with E-state index in [9.17, 15) is 9.18 Å². The fourth-order valence-electron chi connectivity index (χ4n) is 1.69. The Morgan fingerprint density at radius 2 is 2.00 bits per heavy atom. The topological polar surface area (TPSA) is 43.1 Å². The van der Waals surface area contributed by atoms with E-state index in [0.717, 1.165) is 10.5 Å². The highest BCUT2D eigenvalue weighted by Crippen LogP contribution is 2.20. The molecule has 3 rings (SSSR count). The van der Waals surface area contributed by atoms with Gasteiger partial charge in [0, 0.05) is 4.47 Å². The van der Waals surface area contributed by atoms with Crippen LogP contribution >= 0.6 is 15.9 Å². The van der Waals surface area contributed by atoms with E-state index < -0.39 is 5.95 Å². The van der Waals surface area contributed by atoms with Gasteiger partial charge in [-0.3, -0.25) is 4.79 Å². The van der Waals surface area contributed by atoms with E-state index in [1.54, 1.807) is 18.2 Å². The SMILES string of the molecule is O=c1c2cc(Br)ccc2oc2nc(F)ccc12. The molecule has 0 fully saturated rings. The van der Waals surface area contributed by atoms with E-state index in [1.807, 2.05) is 0 Å². The molecule has 0 radical (unpaired) electrons. The van der Waals surface area contributed by atoms with Gasteiger partial charge >= 0.3 is 0 Å². The zero-order valence-corrected chi connectivity index (χ0v) is 9.99. The quantitative estimate of drug-likeness (QED) is 0.472. The highest BCUT2D eigenvalue weighted by atomic mass is 79.9. The van der Waals surface area contributed by atoms with Crippen molar-refractivity contribution in [2.75, 3.05) is 0 Å². The van der Waals surface area contributed by atoms with Crippen LogP contribution in [0.3, 0.4) is 0 Å². The minimum atomic E-state index is -0.669. The van der Waals surface area contributed by atoms with Gasteiger partial charge in [-0.1, -0.05) is 15.9 Å². The van der Waals surface area contributed by atoms with Gasteiger partial charge in [0.2, 0.25) is 17.1 Å². The summed E-state index contributed by atoms with van der Waals surface area (Å²) in [6.07, 6.45) is 0. The first-order chi connectivity index (χ1) is 8.15. The lowest BCUT2D eigenvalue weighted by molar-refractivity contribution is 0.566. The molecule has 0 saturated carbocycles. The second-order valence-corrected chi connectivity index (χ2v) is 4.47. The summed E-state index contributed by atoms with van der Waals surface area (Å²) < 4.78 is 19.1. The lowest BCUT2D eigenvalue weighted by atomic mass is 10.2. The van der Waals surface area contributed by atoms with Crippen molar-refractivity contribution in [3.63, 3.8) is 0 Å². The summed E-state index contributed by atoms with van der Waals surface area (Å²) in [6, 6.07) is 7.58. The number of hydrogen-bond donors (Lipinski definition) is 0. The molecule has 3 nitrogen and oxygen atoms in total. The summed E-state index contributed by atoms with van der Waals surface area (Å²) in [4.78, 5) is 15.7. The summed E-state index contributed by atoms with van der Waals surface area (Å²) in [5.74, 6) is -0.669. The van der Waals surface area contributed by atoms with Gasteiger partial charge in [-0.2, -0.15) is 9.37 Å². The van der Waals surface area contributed by atoms with Crippen molar-refractivity contribution in [1.82, 2.24) is 4.98 Å². The van der Waals surface area contributed by atoms with Crippen LogP contribution in [0.1, 0.15) is 0 Å². The molecule has 3 aromatic rings. The number of rotatable bonds is 0. The Kier molecular flexibility index (Phi) is 2.22. The second kappa shape index (κ2) is 3.63. The number of benzene rings is 1. The third-order valence-electron chi connectivity index (χ3n) is 2.46. The average Bonchev–Trinajstić information content (AvgIpc) is 2.30. The van der Waals surface area contributed by atoms with Gasteiger partial charge in [0.25, 0.3) is 0 Å². The van der Waals surface area contributed by atoms with Crippen molar-refractivity contribution in [3.05, 3.63) is 51.0 Å². The molecule has 0 aliphatic carbocycles. The summed E-state index contributed by atoms with van der Waals surface area (Å²) in [7, 11) is 0. The minimum absolute atomic E-state index is 0.0184. The van der Waals surface area contributed by atoms with Gasteiger partial charge < -0.3 is 4.42 Å². The number of hydrogen-bond acceptors (Lipinski definition) is 3. The maximum absolute atomic E-state index is 13.0. The normalized spacial score (nSPS) is 11.2. The second-order valence-electron chi connectivity index (χ2n) is 3.56. The van der Waals surface area contributed by atoms with Crippen LogP contribution in [0.15, 0.2) is 44.0 Å². The first kappa shape index (κ1) is 10.4. The van der Waals surface area contributed by atoms with Crippen molar-refractivity contribution in [3.8, 4) is 0 Å². The lowest BCUT2D eigenvalue weighted by Crippen LogP contribution is -2.03. The molecule has 0 amide bonds. The molecule has 0 spiro atoms. The van der Waals surface area contributed by atoms with E-state index in [0.29, 0.717) is 11.0 Å². The maximum atomic E-state index is 13.0. The Balaban J connectivity index is 2.57. The molecule has 5 heteroatoms. The molecular formula is C12H5BrFNO2. The predicted molar refractivity (Wildman–Crippen MR) is 65.4 cm³/mol. The lowest BCUT2D eigenvalue weighted by Gasteiger charge is -2.00. The average molecular weight is 294 g/mol. The molecule has 0 N–H and O–H groups in total. The molecule has 0 bridgehead atoms. The Morgan fingerprint density at radius 1 is 1.18 bits per heavy atom. The standard InChI is InChI=1S/C12H5BrFNO2/c13-6-1-3-9-8(5-6)11(16)7-2-4-10(14)15-12(7)17-9/h1-5H. The number of pyridine rings is 1. The van der Waals surface area contributed by atoms with Gasteiger partial charge in [0.05, 0.1) is 10.8 Å². The summed E-state index contributed by atoms with van der Waals surface area (Å²) in [6.45, 7) is 0. The maximum Gasteiger partial charge on any atom is 0.233 e. The zero-order valence-electron chi connectivity index (χ0n) is 8.41. The summed E-state index contributed by atoms with van der Waals surface area (Å²) in [5.41, 5.74) is 0.198. The van der Waals surface area contributed by atoms with Crippen LogP contribution in [0.2, 0.25) is 0 Å². The molecule has 0 aliphatic heterocycles. The monoisotopic (exact) mass is 293 g/mol. The number of halogens is 2. The highest BCUT2D eigenvalue weighted by Gasteiger charge is 2.09. The number of nitrogens with zero attached hydrogens (tertiary/aromatic N) is 1. The Labute approximate surface area is 103 Å². The van der Waals surface area contributed by atoms with Gasteiger partial charge in [-0.15, -0.1) is 0 Å². The van der Waals surface area contributed by atoms with E-state index in [-0.39, 0.29) is 16.5 Å². The predicted octanol–water partition coefficient (Wildman–Crippen LogP) is 3.24. The van der Waals surface area contributed by atoms with E-state index in [4.69, 9.17) is 4.42 Å². The van der Waals surface area contributed by atoms with Crippen LogP contribution < -0.4 is 5.43 Å². The van der Waals surface area contributed by atoms with Crippen molar-refractivity contribution < 1.29 is 8.81 Å². The van der Waals surface area contributed by atoms with Crippen LogP contribution in [0, 0.1) is 5.95 Å². The number of aromatic nitrogens is 1. The Morgan fingerprint density at radius 3 is 2.82 bits per heavy atom. The molecular weight excluding hydrogens is 289 g/mol. The van der Waals surface area contributed by atoms with Crippen molar-refractivity contribution in [2.45, 2.75) is 0 Å². The molecule has 2 heterocycles.